The Morgan fingerprint density at radius 3 is 3.00 bits per heavy atom. The summed E-state index contributed by atoms with van der Waals surface area (Å²) in [5, 5.41) is 0. The zero-order valence-corrected chi connectivity index (χ0v) is 6.48. The van der Waals surface area contributed by atoms with Gasteiger partial charge in [-0.25, -0.2) is 0 Å². The summed E-state index contributed by atoms with van der Waals surface area (Å²) in [7, 11) is 2.05. The van der Waals surface area contributed by atoms with Crippen molar-refractivity contribution in [2.75, 3.05) is 20.1 Å². The van der Waals surface area contributed by atoms with E-state index in [9.17, 15) is 4.79 Å². The SMILES string of the molecule is CN1CC2=C(C1)NNC(=O)C2. The van der Waals surface area contributed by atoms with Gasteiger partial charge in [-0.05, 0) is 12.6 Å². The van der Waals surface area contributed by atoms with Gasteiger partial charge in [-0.1, -0.05) is 0 Å². The average molecular weight is 153 g/mol. The highest BCUT2D eigenvalue weighted by molar-refractivity contribution is 5.80. The third-order valence-corrected chi connectivity index (χ3v) is 2.04. The summed E-state index contributed by atoms with van der Waals surface area (Å²) in [5.41, 5.74) is 7.91. The number of amides is 1. The summed E-state index contributed by atoms with van der Waals surface area (Å²) >= 11 is 0. The smallest absolute Gasteiger partial charge is 0.242 e. The summed E-state index contributed by atoms with van der Waals surface area (Å²) in [4.78, 5) is 13.1. The molecule has 2 N–H and O–H groups in total. The van der Waals surface area contributed by atoms with Crippen molar-refractivity contribution in [3.63, 3.8) is 0 Å². The van der Waals surface area contributed by atoms with Crippen LogP contribution in [0.4, 0.5) is 0 Å². The molecule has 2 rings (SSSR count). The van der Waals surface area contributed by atoms with Crippen molar-refractivity contribution in [3.05, 3.63) is 11.3 Å². The van der Waals surface area contributed by atoms with Crippen molar-refractivity contribution in [3.8, 4) is 0 Å². The first-order valence-corrected chi connectivity index (χ1v) is 3.70. The predicted molar refractivity (Wildman–Crippen MR) is 40.4 cm³/mol. The van der Waals surface area contributed by atoms with Gasteiger partial charge in [0.25, 0.3) is 0 Å². The van der Waals surface area contributed by atoms with Crippen LogP contribution in [0.3, 0.4) is 0 Å². The number of nitrogens with zero attached hydrogens (tertiary/aromatic N) is 1. The number of hydrogen-bond acceptors (Lipinski definition) is 3. The lowest BCUT2D eigenvalue weighted by Crippen LogP contribution is -2.41. The monoisotopic (exact) mass is 153 g/mol. The molecule has 1 amide bonds. The molecule has 0 aromatic carbocycles. The molecular formula is C7H11N3O. The van der Waals surface area contributed by atoms with Crippen LogP contribution in [0.15, 0.2) is 11.3 Å². The first-order chi connectivity index (χ1) is 5.25. The van der Waals surface area contributed by atoms with Crippen molar-refractivity contribution in [2.45, 2.75) is 6.42 Å². The minimum atomic E-state index is 0.0686. The molecule has 2 aliphatic heterocycles. The van der Waals surface area contributed by atoms with E-state index in [4.69, 9.17) is 0 Å². The summed E-state index contributed by atoms with van der Waals surface area (Å²) in [6.45, 7) is 1.85. The van der Waals surface area contributed by atoms with E-state index in [0.717, 1.165) is 13.1 Å². The Balaban J connectivity index is 2.16. The Bertz CT molecular complexity index is 234. The van der Waals surface area contributed by atoms with E-state index in [1.165, 1.54) is 11.3 Å². The molecule has 0 aromatic heterocycles. The normalized spacial score (nSPS) is 24.6. The molecule has 0 fully saturated rings. The number of hydrazine groups is 1. The van der Waals surface area contributed by atoms with Crippen LogP contribution in [0, 0.1) is 0 Å². The Kier molecular flexibility index (Phi) is 1.35. The fourth-order valence-electron chi connectivity index (χ4n) is 1.53. The van der Waals surface area contributed by atoms with E-state index in [1.54, 1.807) is 0 Å². The summed E-state index contributed by atoms with van der Waals surface area (Å²) in [6, 6.07) is 0. The van der Waals surface area contributed by atoms with Crippen LogP contribution in [0.2, 0.25) is 0 Å². The van der Waals surface area contributed by atoms with Gasteiger partial charge in [0.05, 0.1) is 6.42 Å². The van der Waals surface area contributed by atoms with Crippen LogP contribution in [0.25, 0.3) is 0 Å². The van der Waals surface area contributed by atoms with E-state index < -0.39 is 0 Å². The fourth-order valence-corrected chi connectivity index (χ4v) is 1.53. The van der Waals surface area contributed by atoms with E-state index in [0.29, 0.717) is 6.42 Å². The highest BCUT2D eigenvalue weighted by Gasteiger charge is 2.24. The molecule has 0 spiro atoms. The molecule has 0 unspecified atom stereocenters. The van der Waals surface area contributed by atoms with Crippen molar-refractivity contribution in [2.24, 2.45) is 0 Å². The Hall–Kier alpha value is -1.03. The van der Waals surface area contributed by atoms with Crippen molar-refractivity contribution in [1.82, 2.24) is 15.8 Å². The standard InChI is InChI=1S/C7H11N3O/c1-10-3-5-2-7(11)9-8-6(5)4-10/h8H,2-4H2,1H3,(H,9,11). The molecule has 0 atom stereocenters. The second-order valence-corrected chi connectivity index (χ2v) is 3.10. The van der Waals surface area contributed by atoms with Gasteiger partial charge in [-0.15, -0.1) is 0 Å². The first-order valence-electron chi connectivity index (χ1n) is 3.70. The molecule has 4 heteroatoms. The van der Waals surface area contributed by atoms with E-state index >= 15 is 0 Å². The average Bonchev–Trinajstić information content (AvgIpc) is 2.27. The highest BCUT2D eigenvalue weighted by atomic mass is 16.2. The van der Waals surface area contributed by atoms with Gasteiger partial charge in [0, 0.05) is 18.8 Å². The number of likely N-dealkylation sites (N-methyl/N-ethyl adjacent to an activating group) is 1. The number of hydrogen-bond donors (Lipinski definition) is 2. The molecule has 0 bridgehead atoms. The van der Waals surface area contributed by atoms with Crippen LogP contribution < -0.4 is 10.9 Å². The topological polar surface area (TPSA) is 44.4 Å². The largest absolute Gasteiger partial charge is 0.301 e. The zero-order chi connectivity index (χ0) is 7.84. The van der Waals surface area contributed by atoms with Crippen LogP contribution in [-0.4, -0.2) is 30.9 Å². The molecule has 2 aliphatic rings. The molecule has 2 heterocycles. The predicted octanol–water partition coefficient (Wildman–Crippen LogP) is -0.790. The Morgan fingerprint density at radius 1 is 1.36 bits per heavy atom. The van der Waals surface area contributed by atoms with Crippen LogP contribution >= 0.6 is 0 Å². The molecule has 4 nitrogen and oxygen atoms in total. The first kappa shape index (κ1) is 6.67. The van der Waals surface area contributed by atoms with Crippen molar-refractivity contribution in [1.29, 1.82) is 0 Å². The summed E-state index contributed by atoms with van der Waals surface area (Å²) in [6.07, 6.45) is 0.562. The highest BCUT2D eigenvalue weighted by Crippen LogP contribution is 2.18. The molecule has 0 saturated carbocycles. The fraction of sp³-hybridized carbons (Fsp3) is 0.571. The molecular weight excluding hydrogens is 142 g/mol. The molecule has 60 valence electrons. The van der Waals surface area contributed by atoms with Crippen molar-refractivity contribution < 1.29 is 4.79 Å². The summed E-state index contributed by atoms with van der Waals surface area (Å²) in [5.74, 6) is 0.0686. The minimum absolute atomic E-state index is 0.0686. The van der Waals surface area contributed by atoms with Gasteiger partial charge < -0.3 is 5.43 Å². The lowest BCUT2D eigenvalue weighted by molar-refractivity contribution is -0.121. The number of carbonyl (C=O) groups excluding carboxylic acids is 1. The van der Waals surface area contributed by atoms with E-state index in [-0.39, 0.29) is 5.91 Å². The maximum Gasteiger partial charge on any atom is 0.242 e. The maximum absolute atomic E-state index is 10.9. The van der Waals surface area contributed by atoms with Crippen LogP contribution in [0.5, 0.6) is 0 Å². The maximum atomic E-state index is 10.9. The van der Waals surface area contributed by atoms with Gasteiger partial charge in [-0.2, -0.15) is 0 Å². The second-order valence-electron chi connectivity index (χ2n) is 3.10. The Morgan fingerprint density at radius 2 is 2.18 bits per heavy atom. The molecule has 11 heavy (non-hydrogen) atoms. The van der Waals surface area contributed by atoms with Gasteiger partial charge in [0.15, 0.2) is 0 Å². The number of carbonyl (C=O) groups is 1. The number of rotatable bonds is 0. The van der Waals surface area contributed by atoms with Gasteiger partial charge in [0.2, 0.25) is 5.91 Å². The molecule has 0 radical (unpaired) electrons. The molecule has 0 aliphatic carbocycles. The zero-order valence-electron chi connectivity index (χ0n) is 6.48. The quantitative estimate of drug-likeness (QED) is 0.479. The van der Waals surface area contributed by atoms with E-state index in [2.05, 4.69) is 15.8 Å². The van der Waals surface area contributed by atoms with Gasteiger partial charge in [-0.3, -0.25) is 15.1 Å². The van der Waals surface area contributed by atoms with Crippen molar-refractivity contribution >= 4 is 5.91 Å². The third kappa shape index (κ3) is 1.09. The molecule has 0 aromatic rings. The number of nitrogens with one attached hydrogen (secondary N) is 2. The van der Waals surface area contributed by atoms with E-state index in [1.807, 2.05) is 7.05 Å². The van der Waals surface area contributed by atoms with Gasteiger partial charge >= 0.3 is 0 Å². The second kappa shape index (κ2) is 2.23. The lowest BCUT2D eigenvalue weighted by atomic mass is 10.1. The lowest BCUT2D eigenvalue weighted by Gasteiger charge is -2.15. The minimum Gasteiger partial charge on any atom is -0.301 e. The molecule has 0 saturated heterocycles. The van der Waals surface area contributed by atoms with Crippen LogP contribution in [0.1, 0.15) is 6.42 Å². The third-order valence-electron chi connectivity index (χ3n) is 2.04. The Labute approximate surface area is 65.2 Å². The van der Waals surface area contributed by atoms with Gasteiger partial charge in [0.1, 0.15) is 0 Å². The van der Waals surface area contributed by atoms with Crippen LogP contribution in [-0.2, 0) is 4.79 Å². The summed E-state index contributed by atoms with van der Waals surface area (Å²) < 4.78 is 0.